The van der Waals surface area contributed by atoms with Gasteiger partial charge in [0.15, 0.2) is 6.10 Å². The van der Waals surface area contributed by atoms with E-state index < -0.39 is 6.10 Å². The van der Waals surface area contributed by atoms with Gasteiger partial charge in [-0.15, -0.1) is 0 Å². The summed E-state index contributed by atoms with van der Waals surface area (Å²) in [6, 6.07) is 5.58. The summed E-state index contributed by atoms with van der Waals surface area (Å²) >= 11 is 0. The second-order valence-corrected chi connectivity index (χ2v) is 5.64. The van der Waals surface area contributed by atoms with Crippen LogP contribution in [0.3, 0.4) is 0 Å². The third kappa shape index (κ3) is 5.21. The highest BCUT2D eigenvalue weighted by Crippen LogP contribution is 2.14. The first kappa shape index (κ1) is 17.2. The molecule has 0 bridgehead atoms. The smallest absolute Gasteiger partial charge is 0.263 e. The fourth-order valence-corrected chi connectivity index (χ4v) is 2.59. The molecule has 2 N–H and O–H groups in total. The highest BCUT2D eigenvalue weighted by atomic mass is 19.1. The largest absolute Gasteiger partial charge is 0.481 e. The Balaban J connectivity index is 1.88. The van der Waals surface area contributed by atoms with Crippen LogP contribution >= 0.6 is 0 Å². The van der Waals surface area contributed by atoms with E-state index in [9.17, 15) is 14.0 Å². The molecular weight excluding hydrogens is 301 g/mol. The predicted molar refractivity (Wildman–Crippen MR) is 83.3 cm³/mol. The van der Waals surface area contributed by atoms with Gasteiger partial charge in [0, 0.05) is 26.2 Å². The zero-order chi connectivity index (χ0) is 16.8. The summed E-state index contributed by atoms with van der Waals surface area (Å²) < 4.78 is 18.4. The average Bonchev–Trinajstić information content (AvgIpc) is 2.73. The lowest BCUT2D eigenvalue weighted by molar-refractivity contribution is -0.137. The maximum absolute atomic E-state index is 12.9. The van der Waals surface area contributed by atoms with Crippen LogP contribution in [0.15, 0.2) is 24.3 Å². The van der Waals surface area contributed by atoms with Crippen molar-refractivity contribution in [3.63, 3.8) is 0 Å². The quantitative estimate of drug-likeness (QED) is 0.861. The van der Waals surface area contributed by atoms with E-state index in [2.05, 4.69) is 0 Å². The van der Waals surface area contributed by atoms with Crippen LogP contribution in [-0.2, 0) is 9.59 Å². The number of halogens is 1. The molecule has 1 saturated heterocycles. The molecule has 126 valence electrons. The molecule has 0 aromatic heterocycles. The molecule has 23 heavy (non-hydrogen) atoms. The second-order valence-electron chi connectivity index (χ2n) is 5.64. The maximum atomic E-state index is 12.9. The Bertz CT molecular complexity index is 550. The number of amides is 2. The molecule has 2 rings (SSSR count). The molecule has 1 aromatic carbocycles. The summed E-state index contributed by atoms with van der Waals surface area (Å²) in [6.45, 7) is 4.38. The van der Waals surface area contributed by atoms with Crippen LogP contribution in [0, 0.1) is 5.82 Å². The molecular formula is C16H22FN3O3. The summed E-state index contributed by atoms with van der Waals surface area (Å²) in [5.74, 6) is -0.371. The van der Waals surface area contributed by atoms with Crippen molar-refractivity contribution in [3.8, 4) is 5.75 Å². The van der Waals surface area contributed by atoms with Gasteiger partial charge in [0.2, 0.25) is 5.91 Å². The Morgan fingerprint density at radius 2 is 1.91 bits per heavy atom. The molecule has 1 aromatic rings. The first-order valence-corrected chi connectivity index (χ1v) is 7.67. The van der Waals surface area contributed by atoms with E-state index in [0.717, 1.165) is 13.0 Å². The van der Waals surface area contributed by atoms with Crippen molar-refractivity contribution in [2.75, 3.05) is 32.7 Å². The van der Waals surface area contributed by atoms with E-state index in [1.807, 2.05) is 4.90 Å². The number of hydrogen-bond acceptors (Lipinski definition) is 4. The lowest BCUT2D eigenvalue weighted by Crippen LogP contribution is -2.43. The summed E-state index contributed by atoms with van der Waals surface area (Å²) in [6.07, 6.45) is 0.130. The van der Waals surface area contributed by atoms with Gasteiger partial charge in [0.05, 0.1) is 6.54 Å². The summed E-state index contributed by atoms with van der Waals surface area (Å²) in [7, 11) is 0. The number of ether oxygens (including phenoxy) is 1. The Hall–Kier alpha value is -2.15. The molecule has 1 aliphatic rings. The fourth-order valence-electron chi connectivity index (χ4n) is 2.59. The van der Waals surface area contributed by atoms with E-state index >= 15 is 0 Å². The van der Waals surface area contributed by atoms with Crippen LogP contribution in [0.1, 0.15) is 13.3 Å². The molecule has 2 amide bonds. The van der Waals surface area contributed by atoms with Gasteiger partial charge in [-0.1, -0.05) is 0 Å². The third-order valence-corrected chi connectivity index (χ3v) is 3.75. The molecule has 1 aliphatic heterocycles. The first-order valence-electron chi connectivity index (χ1n) is 7.67. The monoisotopic (exact) mass is 323 g/mol. The summed E-state index contributed by atoms with van der Waals surface area (Å²) in [5, 5.41) is 0. The van der Waals surface area contributed by atoms with Crippen molar-refractivity contribution in [2.45, 2.75) is 19.4 Å². The van der Waals surface area contributed by atoms with E-state index in [0.29, 0.717) is 25.4 Å². The highest BCUT2D eigenvalue weighted by Gasteiger charge is 2.25. The Labute approximate surface area is 135 Å². The van der Waals surface area contributed by atoms with Gasteiger partial charge in [0.1, 0.15) is 11.6 Å². The van der Waals surface area contributed by atoms with Gasteiger partial charge < -0.3 is 15.4 Å². The average molecular weight is 323 g/mol. The molecule has 1 heterocycles. The lowest BCUT2D eigenvalue weighted by atomic mass is 10.3. The van der Waals surface area contributed by atoms with Crippen LogP contribution < -0.4 is 10.5 Å². The molecule has 0 radical (unpaired) electrons. The number of carbonyl (C=O) groups excluding carboxylic acids is 2. The van der Waals surface area contributed by atoms with E-state index in [1.54, 1.807) is 11.8 Å². The maximum Gasteiger partial charge on any atom is 0.263 e. The third-order valence-electron chi connectivity index (χ3n) is 3.75. The minimum atomic E-state index is -0.650. The topological polar surface area (TPSA) is 75.9 Å². The number of nitrogens with zero attached hydrogens (tertiary/aromatic N) is 2. The molecule has 1 fully saturated rings. The molecule has 7 heteroatoms. The molecule has 1 unspecified atom stereocenters. The van der Waals surface area contributed by atoms with Crippen molar-refractivity contribution < 1.29 is 18.7 Å². The van der Waals surface area contributed by atoms with E-state index in [4.69, 9.17) is 10.5 Å². The lowest BCUT2D eigenvalue weighted by Gasteiger charge is -2.25. The van der Waals surface area contributed by atoms with Gasteiger partial charge in [-0.05, 0) is 37.6 Å². The molecule has 0 saturated carbocycles. The standard InChI is InChI=1S/C16H22FN3O3/c1-12(23-14-5-3-13(17)4-6-14)16(22)20-8-2-7-19(9-10-20)11-15(18)21/h3-6,12H,2,7-11H2,1H3,(H2,18,21). The van der Waals surface area contributed by atoms with Gasteiger partial charge >= 0.3 is 0 Å². The Kier molecular flexibility index (Phi) is 5.92. The van der Waals surface area contributed by atoms with Crippen LogP contribution in [0.25, 0.3) is 0 Å². The van der Waals surface area contributed by atoms with Crippen molar-refractivity contribution in [3.05, 3.63) is 30.1 Å². The fraction of sp³-hybridized carbons (Fsp3) is 0.500. The zero-order valence-corrected chi connectivity index (χ0v) is 13.2. The number of carbonyl (C=O) groups is 2. The minimum absolute atomic E-state index is 0.116. The molecule has 0 aliphatic carbocycles. The normalized spacial score (nSPS) is 17.4. The highest BCUT2D eigenvalue weighted by molar-refractivity contribution is 5.81. The number of hydrogen-bond donors (Lipinski definition) is 1. The van der Waals surface area contributed by atoms with Crippen molar-refractivity contribution in [1.82, 2.24) is 9.80 Å². The van der Waals surface area contributed by atoms with Crippen LogP contribution in [0.2, 0.25) is 0 Å². The van der Waals surface area contributed by atoms with Gasteiger partial charge in [-0.25, -0.2) is 4.39 Å². The SMILES string of the molecule is CC(Oc1ccc(F)cc1)C(=O)N1CCCN(CC(N)=O)CC1. The summed E-state index contributed by atoms with van der Waals surface area (Å²) in [5.41, 5.74) is 5.21. The number of primary amides is 1. The number of benzene rings is 1. The zero-order valence-electron chi connectivity index (χ0n) is 13.2. The second kappa shape index (κ2) is 7.92. The number of nitrogens with two attached hydrogens (primary N) is 1. The van der Waals surface area contributed by atoms with Gasteiger partial charge in [-0.2, -0.15) is 0 Å². The van der Waals surface area contributed by atoms with Crippen molar-refractivity contribution >= 4 is 11.8 Å². The Morgan fingerprint density at radius 1 is 1.22 bits per heavy atom. The number of rotatable bonds is 5. The van der Waals surface area contributed by atoms with E-state index in [1.165, 1.54) is 24.3 Å². The van der Waals surface area contributed by atoms with Crippen LogP contribution in [0.5, 0.6) is 5.75 Å². The molecule has 6 nitrogen and oxygen atoms in total. The van der Waals surface area contributed by atoms with E-state index in [-0.39, 0.29) is 24.2 Å². The first-order chi connectivity index (χ1) is 11.0. The van der Waals surface area contributed by atoms with Crippen LogP contribution in [-0.4, -0.2) is 60.4 Å². The van der Waals surface area contributed by atoms with Crippen molar-refractivity contribution in [1.29, 1.82) is 0 Å². The van der Waals surface area contributed by atoms with Crippen LogP contribution in [0.4, 0.5) is 4.39 Å². The minimum Gasteiger partial charge on any atom is -0.481 e. The molecule has 0 spiro atoms. The van der Waals surface area contributed by atoms with Gasteiger partial charge in [-0.3, -0.25) is 14.5 Å². The molecule has 1 atom stereocenters. The summed E-state index contributed by atoms with van der Waals surface area (Å²) in [4.78, 5) is 27.1. The van der Waals surface area contributed by atoms with Crippen molar-refractivity contribution in [2.24, 2.45) is 5.73 Å². The predicted octanol–water partition coefficient (Wildman–Crippen LogP) is 0.613. The van der Waals surface area contributed by atoms with Gasteiger partial charge in [0.25, 0.3) is 5.91 Å². The Morgan fingerprint density at radius 3 is 2.57 bits per heavy atom.